The van der Waals surface area contributed by atoms with Gasteiger partial charge < -0.3 is 5.32 Å². The normalized spacial score (nSPS) is 16.5. The Labute approximate surface area is 135 Å². The number of carbonyl (C=O) groups excluding carboxylic acids is 1. The van der Waals surface area contributed by atoms with Crippen molar-refractivity contribution in [1.29, 1.82) is 0 Å². The van der Waals surface area contributed by atoms with Crippen molar-refractivity contribution in [2.75, 3.05) is 0 Å². The predicted octanol–water partition coefficient (Wildman–Crippen LogP) is 3.29. The van der Waals surface area contributed by atoms with Crippen LogP contribution in [0, 0.1) is 19.7 Å². The molecule has 1 saturated carbocycles. The summed E-state index contributed by atoms with van der Waals surface area (Å²) in [4.78, 5) is 12.9. The zero-order chi connectivity index (χ0) is 16.4. The second-order valence-electron chi connectivity index (χ2n) is 6.36. The minimum absolute atomic E-state index is 0.0832. The third-order valence-electron chi connectivity index (χ3n) is 4.99. The molecule has 0 spiro atoms. The third kappa shape index (κ3) is 2.76. The first-order chi connectivity index (χ1) is 11.0. The highest BCUT2D eigenvalue weighted by Gasteiger charge is 2.44. The maximum Gasteiger partial charge on any atom is 0.231 e. The maximum absolute atomic E-state index is 14.3. The number of rotatable bonds is 4. The molecular weight excluding hydrogens is 293 g/mol. The van der Waals surface area contributed by atoms with Crippen molar-refractivity contribution < 1.29 is 9.18 Å². The molecule has 3 rings (SSSR count). The van der Waals surface area contributed by atoms with Crippen molar-refractivity contribution in [2.45, 2.75) is 51.5 Å². The van der Waals surface area contributed by atoms with E-state index < -0.39 is 5.41 Å². The van der Waals surface area contributed by atoms with Crippen molar-refractivity contribution in [1.82, 2.24) is 15.5 Å². The predicted molar refractivity (Wildman–Crippen MR) is 86.5 cm³/mol. The summed E-state index contributed by atoms with van der Waals surface area (Å²) >= 11 is 0. The van der Waals surface area contributed by atoms with Gasteiger partial charge in [0.15, 0.2) is 0 Å². The molecular formula is C18H22FN3O. The van der Waals surface area contributed by atoms with Gasteiger partial charge in [0.05, 0.1) is 11.1 Å². The molecule has 4 nitrogen and oxygen atoms in total. The largest absolute Gasteiger partial charge is 0.351 e. The van der Waals surface area contributed by atoms with E-state index >= 15 is 0 Å². The molecule has 5 heteroatoms. The van der Waals surface area contributed by atoms with E-state index in [1.54, 1.807) is 18.2 Å². The van der Waals surface area contributed by atoms with Gasteiger partial charge in [-0.2, -0.15) is 5.10 Å². The number of amides is 1. The average Bonchev–Trinajstić information content (AvgIpc) is 3.14. The summed E-state index contributed by atoms with van der Waals surface area (Å²) < 4.78 is 14.3. The molecule has 1 aromatic heterocycles. The number of aryl methyl sites for hydroxylation is 2. The standard InChI is InChI=1S/C18H22FN3O/c1-12-14(13(2)22-21-12)11-20-17(23)18(9-5-6-10-18)15-7-3-4-8-16(15)19/h3-4,7-8H,5-6,9-11H2,1-2H3,(H,20,23)(H,21,22). The quantitative estimate of drug-likeness (QED) is 0.909. The number of hydrogen-bond acceptors (Lipinski definition) is 2. The second kappa shape index (κ2) is 6.14. The maximum atomic E-state index is 14.3. The Morgan fingerprint density at radius 2 is 2.00 bits per heavy atom. The number of benzene rings is 1. The van der Waals surface area contributed by atoms with E-state index in [0.29, 0.717) is 24.9 Å². The number of halogens is 1. The lowest BCUT2D eigenvalue weighted by molar-refractivity contribution is -0.126. The van der Waals surface area contributed by atoms with Crippen LogP contribution in [-0.2, 0) is 16.8 Å². The van der Waals surface area contributed by atoms with Crippen LogP contribution in [-0.4, -0.2) is 16.1 Å². The van der Waals surface area contributed by atoms with Gasteiger partial charge in [-0.15, -0.1) is 0 Å². The van der Waals surface area contributed by atoms with Crippen LogP contribution in [0.15, 0.2) is 24.3 Å². The van der Waals surface area contributed by atoms with Crippen LogP contribution >= 0.6 is 0 Å². The Hall–Kier alpha value is -2.17. The number of carbonyl (C=O) groups is 1. The molecule has 23 heavy (non-hydrogen) atoms. The topological polar surface area (TPSA) is 57.8 Å². The van der Waals surface area contributed by atoms with Crippen LogP contribution in [0.2, 0.25) is 0 Å². The molecule has 0 aliphatic heterocycles. The summed E-state index contributed by atoms with van der Waals surface area (Å²) in [5.41, 5.74) is 2.62. The first-order valence-corrected chi connectivity index (χ1v) is 8.08. The molecule has 1 aromatic carbocycles. The summed E-state index contributed by atoms with van der Waals surface area (Å²) in [5, 5.41) is 10.1. The first kappa shape index (κ1) is 15.7. The zero-order valence-electron chi connectivity index (χ0n) is 13.6. The lowest BCUT2D eigenvalue weighted by Crippen LogP contribution is -2.43. The molecule has 0 radical (unpaired) electrons. The Morgan fingerprint density at radius 3 is 2.61 bits per heavy atom. The molecule has 1 fully saturated rings. The molecule has 0 atom stereocenters. The van der Waals surface area contributed by atoms with Gasteiger partial charge in [0.25, 0.3) is 0 Å². The molecule has 2 N–H and O–H groups in total. The first-order valence-electron chi connectivity index (χ1n) is 8.08. The van der Waals surface area contributed by atoms with Crippen LogP contribution in [0.5, 0.6) is 0 Å². The Kier molecular flexibility index (Phi) is 4.20. The highest BCUT2D eigenvalue weighted by Crippen LogP contribution is 2.42. The van der Waals surface area contributed by atoms with E-state index in [9.17, 15) is 9.18 Å². The van der Waals surface area contributed by atoms with Crippen molar-refractivity contribution in [3.05, 3.63) is 52.6 Å². The molecule has 0 bridgehead atoms. The number of nitrogens with one attached hydrogen (secondary N) is 2. The van der Waals surface area contributed by atoms with Crippen LogP contribution in [0.4, 0.5) is 4.39 Å². The summed E-state index contributed by atoms with van der Waals surface area (Å²) in [6, 6.07) is 6.65. The minimum Gasteiger partial charge on any atom is -0.351 e. The number of aromatic amines is 1. The summed E-state index contributed by atoms with van der Waals surface area (Å²) in [7, 11) is 0. The Balaban J connectivity index is 1.84. The molecule has 122 valence electrons. The van der Waals surface area contributed by atoms with Gasteiger partial charge in [-0.05, 0) is 32.8 Å². The fourth-order valence-electron chi connectivity index (χ4n) is 3.62. The number of nitrogens with zero attached hydrogens (tertiary/aromatic N) is 1. The molecule has 1 aliphatic carbocycles. The van der Waals surface area contributed by atoms with E-state index in [4.69, 9.17) is 0 Å². The van der Waals surface area contributed by atoms with Gasteiger partial charge in [-0.3, -0.25) is 9.89 Å². The van der Waals surface area contributed by atoms with Crippen molar-refractivity contribution >= 4 is 5.91 Å². The van der Waals surface area contributed by atoms with Gasteiger partial charge >= 0.3 is 0 Å². The van der Waals surface area contributed by atoms with Crippen molar-refractivity contribution in [3.8, 4) is 0 Å². The fourth-order valence-corrected chi connectivity index (χ4v) is 3.62. The van der Waals surface area contributed by atoms with Gasteiger partial charge in [0.2, 0.25) is 5.91 Å². The highest BCUT2D eigenvalue weighted by atomic mass is 19.1. The third-order valence-corrected chi connectivity index (χ3v) is 4.99. The Morgan fingerprint density at radius 1 is 1.30 bits per heavy atom. The minimum atomic E-state index is -0.739. The molecule has 0 unspecified atom stereocenters. The summed E-state index contributed by atoms with van der Waals surface area (Å²) in [5.74, 6) is -0.375. The average molecular weight is 315 g/mol. The van der Waals surface area contributed by atoms with E-state index in [1.165, 1.54) is 6.07 Å². The number of hydrogen-bond donors (Lipinski definition) is 2. The van der Waals surface area contributed by atoms with Crippen LogP contribution < -0.4 is 5.32 Å². The van der Waals surface area contributed by atoms with Gasteiger partial charge in [-0.25, -0.2) is 4.39 Å². The van der Waals surface area contributed by atoms with Gasteiger partial charge in [0.1, 0.15) is 5.82 Å². The summed E-state index contributed by atoms with van der Waals surface area (Å²) in [6.45, 7) is 4.26. The lowest BCUT2D eigenvalue weighted by atomic mass is 9.77. The van der Waals surface area contributed by atoms with Crippen LogP contribution in [0.3, 0.4) is 0 Å². The molecule has 1 heterocycles. The second-order valence-corrected chi connectivity index (χ2v) is 6.36. The SMILES string of the molecule is Cc1n[nH]c(C)c1CNC(=O)C1(c2ccccc2F)CCCC1. The van der Waals surface area contributed by atoms with E-state index in [0.717, 1.165) is 29.8 Å². The Bertz CT molecular complexity index is 697. The molecule has 0 saturated heterocycles. The fraction of sp³-hybridized carbons (Fsp3) is 0.444. The highest BCUT2D eigenvalue weighted by molar-refractivity contribution is 5.88. The van der Waals surface area contributed by atoms with E-state index in [2.05, 4.69) is 15.5 Å². The van der Waals surface area contributed by atoms with Gasteiger partial charge in [0, 0.05) is 23.4 Å². The zero-order valence-corrected chi connectivity index (χ0v) is 13.6. The van der Waals surface area contributed by atoms with Crippen LogP contribution in [0.25, 0.3) is 0 Å². The van der Waals surface area contributed by atoms with E-state index in [-0.39, 0.29) is 11.7 Å². The number of aromatic nitrogens is 2. The monoisotopic (exact) mass is 315 g/mol. The summed E-state index contributed by atoms with van der Waals surface area (Å²) in [6.07, 6.45) is 3.29. The lowest BCUT2D eigenvalue weighted by Gasteiger charge is -2.28. The smallest absolute Gasteiger partial charge is 0.231 e. The van der Waals surface area contributed by atoms with Crippen molar-refractivity contribution in [2.24, 2.45) is 0 Å². The van der Waals surface area contributed by atoms with Gasteiger partial charge in [-0.1, -0.05) is 31.0 Å². The molecule has 1 amide bonds. The van der Waals surface area contributed by atoms with Crippen molar-refractivity contribution in [3.63, 3.8) is 0 Å². The number of H-pyrrole nitrogens is 1. The molecule has 1 aliphatic rings. The van der Waals surface area contributed by atoms with Crippen LogP contribution in [0.1, 0.15) is 48.2 Å². The van der Waals surface area contributed by atoms with E-state index in [1.807, 2.05) is 13.8 Å². The molecule has 2 aromatic rings.